The lowest BCUT2D eigenvalue weighted by Gasteiger charge is -2.32. The summed E-state index contributed by atoms with van der Waals surface area (Å²) in [7, 11) is 0. The van der Waals surface area contributed by atoms with Gasteiger partial charge in [-0.3, -0.25) is 9.89 Å². The minimum Gasteiger partial charge on any atom is -0.462 e. The maximum absolute atomic E-state index is 13.8. The Morgan fingerprint density at radius 3 is 2.81 bits per heavy atom. The standard InChI is InChI=1S/C26H28FN7O2/c1-2-26(8-9-26)16-36-25-29-20(24(35)34-13-7-18(27)15-34)14-21(30-25)33-11-5-17(6-12-33)22-19-4-3-10-28-23(19)32-31-22/h1,3-4,10,14,17-18H,5-9,11-13,15-16H2,(H,28,31,32). The Balaban J connectivity index is 1.22. The highest BCUT2D eigenvalue weighted by Crippen LogP contribution is 2.45. The predicted molar refractivity (Wildman–Crippen MR) is 132 cm³/mol. The SMILES string of the molecule is C#CC1(COc2nc(C(=O)N3CCC(F)C3)cc(N3CCC(c4n[nH]c5ncccc45)CC3)n2)CC1. The molecule has 0 radical (unpaired) electrons. The Labute approximate surface area is 208 Å². The van der Waals surface area contributed by atoms with E-state index >= 15 is 0 Å². The van der Waals surface area contributed by atoms with Crippen LogP contribution >= 0.6 is 0 Å². The zero-order valence-electron chi connectivity index (χ0n) is 20.0. The molecule has 1 saturated carbocycles. The smallest absolute Gasteiger partial charge is 0.319 e. The average Bonchev–Trinajstić information content (AvgIpc) is 3.36. The monoisotopic (exact) mass is 489 g/mol. The van der Waals surface area contributed by atoms with Gasteiger partial charge < -0.3 is 14.5 Å². The molecule has 10 heteroatoms. The number of hydrogen-bond acceptors (Lipinski definition) is 7. The van der Waals surface area contributed by atoms with Crippen LogP contribution in [0.3, 0.4) is 0 Å². The summed E-state index contributed by atoms with van der Waals surface area (Å²) in [5, 5.41) is 8.61. The molecular weight excluding hydrogens is 461 g/mol. The fourth-order valence-electron chi connectivity index (χ4n) is 5.06. The zero-order valence-corrected chi connectivity index (χ0v) is 20.0. The normalized spacial score (nSPS) is 21.5. The molecule has 2 aliphatic heterocycles. The molecule has 3 aliphatic rings. The molecule has 0 aromatic carbocycles. The number of H-pyrrole nitrogens is 1. The zero-order chi connectivity index (χ0) is 24.7. The van der Waals surface area contributed by atoms with Gasteiger partial charge in [-0.05, 0) is 44.2 Å². The maximum Gasteiger partial charge on any atom is 0.319 e. The summed E-state index contributed by atoms with van der Waals surface area (Å²) >= 11 is 0. The summed E-state index contributed by atoms with van der Waals surface area (Å²) < 4.78 is 19.7. The number of ether oxygens (including phenoxy) is 1. The summed E-state index contributed by atoms with van der Waals surface area (Å²) in [6.45, 7) is 2.28. The van der Waals surface area contributed by atoms with Gasteiger partial charge in [-0.25, -0.2) is 9.37 Å². The van der Waals surface area contributed by atoms with E-state index in [1.165, 1.54) is 4.90 Å². The number of fused-ring (bicyclic) bond motifs is 1. The van der Waals surface area contributed by atoms with Gasteiger partial charge in [0.1, 0.15) is 24.3 Å². The molecule has 3 aromatic rings. The number of anilines is 1. The van der Waals surface area contributed by atoms with E-state index in [0.717, 1.165) is 55.5 Å². The summed E-state index contributed by atoms with van der Waals surface area (Å²) in [5.74, 6) is 3.44. The first-order chi connectivity index (χ1) is 17.5. The van der Waals surface area contributed by atoms with Gasteiger partial charge >= 0.3 is 6.01 Å². The number of likely N-dealkylation sites (tertiary alicyclic amines) is 1. The van der Waals surface area contributed by atoms with Crippen LogP contribution in [-0.2, 0) is 0 Å². The fraction of sp³-hybridized carbons (Fsp3) is 0.500. The van der Waals surface area contributed by atoms with Crippen molar-refractivity contribution in [3.05, 3.63) is 35.8 Å². The highest BCUT2D eigenvalue weighted by molar-refractivity contribution is 5.93. The Morgan fingerprint density at radius 2 is 2.08 bits per heavy atom. The molecule has 1 amide bonds. The summed E-state index contributed by atoms with van der Waals surface area (Å²) in [4.78, 5) is 30.1. The van der Waals surface area contributed by atoms with Gasteiger partial charge in [0.05, 0.1) is 17.7 Å². The van der Waals surface area contributed by atoms with Gasteiger partial charge in [0, 0.05) is 43.2 Å². The Kier molecular flexibility index (Phi) is 5.70. The van der Waals surface area contributed by atoms with E-state index in [1.54, 1.807) is 12.3 Å². The molecule has 6 rings (SSSR count). The Morgan fingerprint density at radius 1 is 1.25 bits per heavy atom. The first kappa shape index (κ1) is 22.7. The number of piperidine rings is 1. The number of aromatic nitrogens is 5. The molecule has 0 bridgehead atoms. The number of aromatic amines is 1. The van der Waals surface area contributed by atoms with Crippen molar-refractivity contribution >= 4 is 22.8 Å². The van der Waals surface area contributed by atoms with E-state index in [0.29, 0.717) is 31.3 Å². The average molecular weight is 490 g/mol. The molecule has 1 N–H and O–H groups in total. The van der Waals surface area contributed by atoms with Gasteiger partial charge in [-0.1, -0.05) is 5.92 Å². The highest BCUT2D eigenvalue weighted by Gasteiger charge is 2.42. The van der Waals surface area contributed by atoms with E-state index < -0.39 is 6.17 Å². The van der Waals surface area contributed by atoms with Crippen LogP contribution in [0.5, 0.6) is 6.01 Å². The van der Waals surface area contributed by atoms with Gasteiger partial charge in [0.2, 0.25) is 0 Å². The molecule has 186 valence electrons. The Bertz CT molecular complexity index is 1320. The molecule has 3 fully saturated rings. The van der Waals surface area contributed by atoms with Crippen LogP contribution in [0.15, 0.2) is 24.4 Å². The summed E-state index contributed by atoms with van der Waals surface area (Å²) in [6.07, 6.45) is 10.3. The van der Waals surface area contributed by atoms with Crippen LogP contribution in [0.1, 0.15) is 54.2 Å². The minimum absolute atomic E-state index is 0.0897. The van der Waals surface area contributed by atoms with Crippen molar-refractivity contribution in [1.29, 1.82) is 0 Å². The number of pyridine rings is 1. The molecular formula is C26H28FN7O2. The number of nitrogens with one attached hydrogen (secondary N) is 1. The van der Waals surface area contributed by atoms with Crippen LogP contribution in [0, 0.1) is 17.8 Å². The van der Waals surface area contributed by atoms with Crippen molar-refractivity contribution in [2.24, 2.45) is 5.41 Å². The van der Waals surface area contributed by atoms with Crippen molar-refractivity contribution in [3.8, 4) is 18.4 Å². The number of nitrogens with zero attached hydrogens (tertiary/aromatic N) is 6. The highest BCUT2D eigenvalue weighted by atomic mass is 19.1. The number of halogens is 1. The third-order valence-corrected chi connectivity index (χ3v) is 7.54. The third kappa shape index (κ3) is 4.34. The van der Waals surface area contributed by atoms with Gasteiger partial charge in [-0.2, -0.15) is 15.1 Å². The van der Waals surface area contributed by atoms with E-state index in [2.05, 4.69) is 36.0 Å². The lowest BCUT2D eigenvalue weighted by molar-refractivity contribution is 0.0775. The first-order valence-corrected chi connectivity index (χ1v) is 12.5. The maximum atomic E-state index is 13.8. The number of carbonyl (C=O) groups is 1. The van der Waals surface area contributed by atoms with Crippen molar-refractivity contribution < 1.29 is 13.9 Å². The molecule has 1 aliphatic carbocycles. The van der Waals surface area contributed by atoms with E-state index in [1.807, 2.05) is 12.1 Å². The number of carbonyl (C=O) groups excluding carboxylic acids is 1. The molecule has 9 nitrogen and oxygen atoms in total. The third-order valence-electron chi connectivity index (χ3n) is 7.54. The molecule has 5 heterocycles. The fourth-order valence-corrected chi connectivity index (χ4v) is 5.06. The number of hydrogen-bond donors (Lipinski definition) is 1. The molecule has 1 atom stereocenters. The molecule has 3 aromatic heterocycles. The Hall–Kier alpha value is -3.74. The van der Waals surface area contributed by atoms with Crippen LogP contribution in [0.4, 0.5) is 10.2 Å². The van der Waals surface area contributed by atoms with Crippen LogP contribution in [0.2, 0.25) is 0 Å². The largest absolute Gasteiger partial charge is 0.462 e. The molecule has 36 heavy (non-hydrogen) atoms. The topological polar surface area (TPSA) is 100 Å². The number of alkyl halides is 1. The number of rotatable bonds is 6. The van der Waals surface area contributed by atoms with Crippen molar-refractivity contribution in [3.63, 3.8) is 0 Å². The molecule has 2 saturated heterocycles. The molecule has 0 spiro atoms. The summed E-state index contributed by atoms with van der Waals surface area (Å²) in [6, 6.07) is 5.81. The van der Waals surface area contributed by atoms with Crippen LogP contribution < -0.4 is 9.64 Å². The minimum atomic E-state index is -0.997. The quantitative estimate of drug-likeness (QED) is 0.531. The van der Waals surface area contributed by atoms with Crippen molar-refractivity contribution in [1.82, 2.24) is 30.0 Å². The van der Waals surface area contributed by atoms with E-state index in [-0.39, 0.29) is 29.6 Å². The summed E-state index contributed by atoms with van der Waals surface area (Å²) in [5.41, 5.74) is 1.80. The second-order valence-corrected chi connectivity index (χ2v) is 10.0. The van der Waals surface area contributed by atoms with Crippen molar-refractivity contribution in [2.75, 3.05) is 37.7 Å². The van der Waals surface area contributed by atoms with E-state index in [9.17, 15) is 9.18 Å². The van der Waals surface area contributed by atoms with Crippen LogP contribution in [0.25, 0.3) is 11.0 Å². The molecule has 1 unspecified atom stereocenters. The second-order valence-electron chi connectivity index (χ2n) is 10.0. The van der Waals surface area contributed by atoms with Gasteiger partial charge in [0.15, 0.2) is 5.65 Å². The van der Waals surface area contributed by atoms with Gasteiger partial charge in [-0.15, -0.1) is 6.42 Å². The predicted octanol–water partition coefficient (Wildman–Crippen LogP) is 3.11. The lowest BCUT2D eigenvalue weighted by atomic mass is 9.92. The lowest BCUT2D eigenvalue weighted by Crippen LogP contribution is -2.35. The number of terminal acetylenes is 1. The van der Waals surface area contributed by atoms with Gasteiger partial charge in [0.25, 0.3) is 5.91 Å². The number of amides is 1. The second kappa shape index (κ2) is 9.04. The van der Waals surface area contributed by atoms with E-state index in [4.69, 9.17) is 11.2 Å². The van der Waals surface area contributed by atoms with Crippen molar-refractivity contribution in [2.45, 2.75) is 44.2 Å². The van der Waals surface area contributed by atoms with Crippen LogP contribution in [-0.4, -0.2) is 74.9 Å². The first-order valence-electron chi connectivity index (χ1n) is 12.5.